The Bertz CT molecular complexity index is 945. The number of fused-ring (bicyclic) bond motifs is 2. The van der Waals surface area contributed by atoms with Crippen LogP contribution in [0.1, 0.15) is 33.1 Å². The van der Waals surface area contributed by atoms with Crippen molar-refractivity contribution in [3.05, 3.63) is 91.0 Å². The summed E-state index contributed by atoms with van der Waals surface area (Å²) in [6.45, 7) is 4.72. The van der Waals surface area contributed by atoms with Gasteiger partial charge in [0.2, 0.25) is 0 Å². The zero-order valence-corrected chi connectivity index (χ0v) is 18.7. The second kappa shape index (κ2) is 7.13. The third kappa shape index (κ3) is 2.66. The van der Waals surface area contributed by atoms with Crippen molar-refractivity contribution in [2.45, 2.75) is 47.8 Å². The molecule has 154 valence electrons. The smallest absolute Gasteiger partial charge is 0.140 e. The van der Waals surface area contributed by atoms with Gasteiger partial charge in [0.1, 0.15) is 5.78 Å². The van der Waals surface area contributed by atoms with Crippen LogP contribution in [0.15, 0.2) is 106 Å². The molecule has 0 spiro atoms. The highest BCUT2D eigenvalue weighted by Crippen LogP contribution is 2.76. The molecule has 1 nitrogen and oxygen atoms in total. The lowest BCUT2D eigenvalue weighted by Gasteiger charge is -2.49. The van der Waals surface area contributed by atoms with Gasteiger partial charge in [0.05, 0.1) is 0 Å². The summed E-state index contributed by atoms with van der Waals surface area (Å²) in [5.74, 6) is 1.95. The van der Waals surface area contributed by atoms with Crippen molar-refractivity contribution in [1.29, 1.82) is 0 Å². The molecule has 5 rings (SSSR count). The number of carbonyl (C=O) groups excluding carboxylic acids is 1. The molecular weight excluding hydrogens is 384 g/mol. The fraction of sp³-hybridized carbons (Fsp3) is 0.321. The summed E-state index contributed by atoms with van der Waals surface area (Å²) < 4.78 is 0. The number of benzene rings is 3. The Labute approximate surface area is 181 Å². The molecule has 2 saturated carbocycles. The van der Waals surface area contributed by atoms with Crippen LogP contribution in [0.3, 0.4) is 0 Å². The summed E-state index contributed by atoms with van der Waals surface area (Å²) in [6.07, 6.45) is 2.98. The molecule has 0 heterocycles. The molecule has 2 atom stereocenters. The molecule has 2 aliphatic carbocycles. The van der Waals surface area contributed by atoms with E-state index in [0.29, 0.717) is 11.7 Å². The molecular formula is C28H30OS. The zero-order chi connectivity index (χ0) is 20.8. The molecule has 3 aromatic carbocycles. The highest BCUT2D eigenvalue weighted by molar-refractivity contribution is 8.33. The largest absolute Gasteiger partial charge is 0.299 e. The molecule has 0 aromatic heterocycles. The Hall–Kier alpha value is -2.32. The van der Waals surface area contributed by atoms with Crippen molar-refractivity contribution in [2.75, 3.05) is 5.75 Å². The first-order chi connectivity index (χ1) is 14.5. The minimum absolute atomic E-state index is 0.0562. The maximum atomic E-state index is 13.6. The summed E-state index contributed by atoms with van der Waals surface area (Å²) >= 11 is 0. The number of rotatable bonds is 5. The lowest BCUT2D eigenvalue weighted by Crippen LogP contribution is -2.41. The van der Waals surface area contributed by atoms with E-state index in [9.17, 15) is 4.79 Å². The van der Waals surface area contributed by atoms with Gasteiger partial charge in [-0.15, -0.1) is 0 Å². The SMILES string of the molecule is CC1(C)C2CCC1(CS(c1ccccc1)(c1ccccc1)c1ccccc1)C(=O)C2. The van der Waals surface area contributed by atoms with Crippen molar-refractivity contribution in [2.24, 2.45) is 16.7 Å². The lowest BCUT2D eigenvalue weighted by atomic mass is 9.70. The van der Waals surface area contributed by atoms with Crippen molar-refractivity contribution in [3.8, 4) is 0 Å². The Morgan fingerprint density at radius 2 is 1.20 bits per heavy atom. The van der Waals surface area contributed by atoms with E-state index < -0.39 is 10.0 Å². The molecule has 30 heavy (non-hydrogen) atoms. The minimum Gasteiger partial charge on any atom is -0.299 e. The Morgan fingerprint density at radius 3 is 1.53 bits per heavy atom. The summed E-state index contributed by atoms with van der Waals surface area (Å²) in [6, 6.07) is 32.9. The van der Waals surface area contributed by atoms with Crippen LogP contribution < -0.4 is 0 Å². The van der Waals surface area contributed by atoms with E-state index >= 15 is 0 Å². The van der Waals surface area contributed by atoms with Crippen LogP contribution in [-0.2, 0) is 4.79 Å². The Balaban J connectivity index is 1.80. The average Bonchev–Trinajstić information content (AvgIpc) is 3.14. The van der Waals surface area contributed by atoms with Gasteiger partial charge in [-0.1, -0.05) is 68.4 Å². The Morgan fingerprint density at radius 1 is 0.767 bits per heavy atom. The quantitative estimate of drug-likeness (QED) is 0.426. The molecule has 2 unspecified atom stereocenters. The van der Waals surface area contributed by atoms with Crippen molar-refractivity contribution < 1.29 is 4.79 Å². The van der Waals surface area contributed by atoms with E-state index in [1.165, 1.54) is 21.1 Å². The monoisotopic (exact) mass is 414 g/mol. The molecule has 0 aliphatic heterocycles. The topological polar surface area (TPSA) is 17.1 Å². The summed E-state index contributed by atoms with van der Waals surface area (Å²) in [5.41, 5.74) is -0.185. The molecule has 0 saturated heterocycles. The number of Topliss-reactive ketones (excluding diaryl/α,β-unsaturated/α-hetero) is 1. The van der Waals surface area contributed by atoms with Crippen LogP contribution >= 0.6 is 10.0 Å². The van der Waals surface area contributed by atoms with E-state index in [1.54, 1.807) is 0 Å². The fourth-order valence-corrected chi connectivity index (χ4v) is 10.7. The van der Waals surface area contributed by atoms with Crippen LogP contribution in [0.4, 0.5) is 0 Å². The second-order valence-corrected chi connectivity index (χ2v) is 12.7. The summed E-state index contributed by atoms with van der Waals surface area (Å²) in [5, 5.41) is 0. The van der Waals surface area contributed by atoms with E-state index in [-0.39, 0.29) is 10.8 Å². The minimum atomic E-state index is -1.58. The number of hydrogen-bond acceptors (Lipinski definition) is 1. The van der Waals surface area contributed by atoms with E-state index in [1.807, 2.05) is 0 Å². The van der Waals surface area contributed by atoms with E-state index in [2.05, 4.69) is 105 Å². The van der Waals surface area contributed by atoms with Gasteiger partial charge in [-0.2, -0.15) is 10.0 Å². The first-order valence-electron chi connectivity index (χ1n) is 11.0. The van der Waals surface area contributed by atoms with Gasteiger partial charge in [-0.05, 0) is 75.3 Å². The maximum Gasteiger partial charge on any atom is 0.140 e. The average molecular weight is 415 g/mol. The molecule has 2 heteroatoms. The van der Waals surface area contributed by atoms with E-state index in [4.69, 9.17) is 0 Å². The van der Waals surface area contributed by atoms with Crippen LogP contribution in [0.2, 0.25) is 0 Å². The van der Waals surface area contributed by atoms with Gasteiger partial charge in [-0.25, -0.2) is 0 Å². The predicted molar refractivity (Wildman–Crippen MR) is 125 cm³/mol. The normalized spacial score (nSPS) is 25.4. The van der Waals surface area contributed by atoms with Crippen LogP contribution in [-0.4, -0.2) is 11.5 Å². The van der Waals surface area contributed by atoms with Crippen LogP contribution in [0.25, 0.3) is 0 Å². The summed E-state index contributed by atoms with van der Waals surface area (Å²) in [4.78, 5) is 17.6. The highest BCUT2D eigenvalue weighted by atomic mass is 32.3. The predicted octanol–water partition coefficient (Wildman–Crippen LogP) is 7.36. The zero-order valence-electron chi connectivity index (χ0n) is 17.9. The van der Waals surface area contributed by atoms with Crippen molar-refractivity contribution in [3.63, 3.8) is 0 Å². The van der Waals surface area contributed by atoms with Gasteiger partial charge in [-0.3, -0.25) is 4.79 Å². The lowest BCUT2D eigenvalue weighted by molar-refractivity contribution is -0.127. The van der Waals surface area contributed by atoms with Crippen molar-refractivity contribution in [1.82, 2.24) is 0 Å². The van der Waals surface area contributed by atoms with Gasteiger partial charge in [0.15, 0.2) is 0 Å². The first-order valence-corrected chi connectivity index (χ1v) is 12.8. The van der Waals surface area contributed by atoms with Crippen molar-refractivity contribution >= 4 is 15.8 Å². The van der Waals surface area contributed by atoms with Gasteiger partial charge >= 0.3 is 0 Å². The maximum absolute atomic E-state index is 13.6. The Kier molecular flexibility index (Phi) is 4.67. The molecule has 2 fully saturated rings. The molecule has 2 bridgehead atoms. The summed E-state index contributed by atoms with van der Waals surface area (Å²) in [7, 11) is -1.58. The second-order valence-electron chi connectivity index (χ2n) is 9.49. The van der Waals surface area contributed by atoms with Gasteiger partial charge in [0.25, 0.3) is 0 Å². The van der Waals surface area contributed by atoms with Gasteiger partial charge in [0, 0.05) is 17.6 Å². The van der Waals surface area contributed by atoms with E-state index in [0.717, 1.165) is 18.6 Å². The molecule has 2 aliphatic rings. The van der Waals surface area contributed by atoms with Gasteiger partial charge < -0.3 is 0 Å². The molecule has 3 aromatic rings. The number of ketones is 1. The molecule has 0 radical (unpaired) electrons. The highest BCUT2D eigenvalue weighted by Gasteiger charge is 2.65. The third-order valence-corrected chi connectivity index (χ3v) is 12.2. The van der Waals surface area contributed by atoms with Crippen LogP contribution in [0.5, 0.6) is 0 Å². The molecule has 0 N–H and O–H groups in total. The standard InChI is InChI=1S/C28H30OS/c1-27(2)22-18-19-28(27,26(29)20-22)21-30(23-12-6-3-7-13-23,24-14-8-4-9-15-24)25-16-10-5-11-17-25/h3-17,22H,18-21H2,1-2H3. The molecule has 0 amide bonds. The third-order valence-electron chi connectivity index (χ3n) is 8.04. The number of carbonyl (C=O) groups is 1. The van der Waals surface area contributed by atoms with Crippen LogP contribution in [0, 0.1) is 16.7 Å². The fourth-order valence-electron chi connectivity index (χ4n) is 6.09. The number of hydrogen-bond donors (Lipinski definition) is 0. The first kappa shape index (κ1) is 19.6.